The zero-order valence-corrected chi connectivity index (χ0v) is 39.7. The number of unbranched alkanes of at least 4 members (excludes halogenated alkanes) is 29. The van der Waals surface area contributed by atoms with Crippen LogP contribution in [-0.2, 0) is 14.3 Å². The van der Waals surface area contributed by atoms with Crippen LogP contribution in [0.25, 0.3) is 0 Å². The van der Waals surface area contributed by atoms with E-state index in [1.54, 1.807) is 0 Å². The van der Waals surface area contributed by atoms with E-state index in [-0.39, 0.29) is 18.5 Å². The van der Waals surface area contributed by atoms with Gasteiger partial charge in [-0.3, -0.25) is 9.59 Å². The number of rotatable bonds is 47. The summed E-state index contributed by atoms with van der Waals surface area (Å²) >= 11 is 0. The first-order valence-electron chi connectivity index (χ1n) is 25.9. The molecule has 350 valence electrons. The zero-order valence-electron chi connectivity index (χ0n) is 39.7. The van der Waals surface area contributed by atoms with Gasteiger partial charge < -0.3 is 20.3 Å². The van der Waals surface area contributed by atoms with Gasteiger partial charge in [0.1, 0.15) is 0 Å². The van der Waals surface area contributed by atoms with Crippen LogP contribution in [0, 0.1) is 0 Å². The Labute approximate surface area is 372 Å². The maximum atomic E-state index is 12.4. The molecule has 0 radical (unpaired) electrons. The second-order valence-electron chi connectivity index (χ2n) is 17.5. The van der Waals surface area contributed by atoms with Gasteiger partial charge >= 0.3 is 5.97 Å². The second kappa shape index (κ2) is 49.5. The van der Waals surface area contributed by atoms with Gasteiger partial charge in [-0.15, -0.1) is 0 Å². The first-order valence-corrected chi connectivity index (χ1v) is 25.9. The van der Waals surface area contributed by atoms with Crippen LogP contribution in [0.1, 0.15) is 258 Å². The van der Waals surface area contributed by atoms with Crippen LogP contribution < -0.4 is 5.32 Å². The highest BCUT2D eigenvalue weighted by Crippen LogP contribution is 2.15. The number of aliphatic hydroxyl groups excluding tert-OH is 2. The van der Waals surface area contributed by atoms with E-state index in [2.05, 4.69) is 67.8 Å². The molecule has 0 aromatic carbocycles. The summed E-state index contributed by atoms with van der Waals surface area (Å²) in [7, 11) is 0. The average Bonchev–Trinajstić information content (AvgIpc) is 3.25. The molecule has 0 aromatic heterocycles. The maximum Gasteiger partial charge on any atom is 0.305 e. The number of nitrogens with one attached hydrogen (secondary N) is 1. The highest BCUT2D eigenvalue weighted by molar-refractivity contribution is 5.76. The standard InChI is InChI=1S/C54H99NO5/c1-3-5-7-9-11-13-14-15-21-25-28-32-36-40-44-48-54(59)60-49-45-41-37-33-29-26-23-20-18-16-17-19-22-24-27-31-35-39-43-47-53(58)55-51(50-56)52(57)46-42-38-34-30-12-10-8-6-4-2/h11,13,15,20-21,23,26,29,51-52,56-57H,3-10,12,14,16-19,22,24-25,27-28,30-50H2,1-2H3,(H,55,58)/b13-11-,21-15-,23-20-,29-26-. The fourth-order valence-corrected chi connectivity index (χ4v) is 7.60. The van der Waals surface area contributed by atoms with Crippen molar-refractivity contribution in [2.24, 2.45) is 0 Å². The number of ether oxygens (including phenoxy) is 1. The number of hydrogen-bond acceptors (Lipinski definition) is 5. The van der Waals surface area contributed by atoms with Gasteiger partial charge in [-0.05, 0) is 89.9 Å². The van der Waals surface area contributed by atoms with E-state index in [0.29, 0.717) is 25.9 Å². The van der Waals surface area contributed by atoms with Crippen molar-refractivity contribution < 1.29 is 24.5 Å². The molecule has 6 nitrogen and oxygen atoms in total. The normalized spacial score (nSPS) is 13.1. The largest absolute Gasteiger partial charge is 0.466 e. The summed E-state index contributed by atoms with van der Waals surface area (Å²) in [4.78, 5) is 24.4. The van der Waals surface area contributed by atoms with Crippen molar-refractivity contribution in [2.75, 3.05) is 13.2 Å². The molecule has 0 aliphatic heterocycles. The first kappa shape index (κ1) is 57.8. The Morgan fingerprint density at radius 2 is 0.883 bits per heavy atom. The Morgan fingerprint density at radius 1 is 0.483 bits per heavy atom. The molecule has 0 heterocycles. The molecule has 0 spiro atoms. The van der Waals surface area contributed by atoms with Gasteiger partial charge in [0.15, 0.2) is 0 Å². The SMILES string of the molecule is CCCCC/C=C\C/C=C\CCCCCCCC(=O)OCCCCC/C=C\C=C/CCCCCCCCCCCCC(=O)NC(CO)C(O)CCCCCCCCCCC. The van der Waals surface area contributed by atoms with Gasteiger partial charge in [0.2, 0.25) is 5.91 Å². The second-order valence-corrected chi connectivity index (χ2v) is 17.5. The summed E-state index contributed by atoms with van der Waals surface area (Å²) in [6, 6.07) is -0.548. The van der Waals surface area contributed by atoms with Gasteiger partial charge in [0, 0.05) is 12.8 Å². The molecule has 0 saturated heterocycles. The van der Waals surface area contributed by atoms with Crippen molar-refractivity contribution >= 4 is 11.9 Å². The summed E-state index contributed by atoms with van der Waals surface area (Å²) in [5.74, 6) is -0.0775. The van der Waals surface area contributed by atoms with Crippen molar-refractivity contribution in [2.45, 2.75) is 270 Å². The minimum atomic E-state index is -0.669. The van der Waals surface area contributed by atoms with Gasteiger partial charge in [-0.2, -0.15) is 0 Å². The smallest absolute Gasteiger partial charge is 0.305 e. The lowest BCUT2D eigenvalue weighted by molar-refractivity contribution is -0.143. The number of esters is 1. The molecule has 6 heteroatoms. The Kier molecular flexibility index (Phi) is 47.7. The fraction of sp³-hybridized carbons (Fsp3) is 0.815. The topological polar surface area (TPSA) is 95.9 Å². The van der Waals surface area contributed by atoms with Crippen molar-refractivity contribution in [3.05, 3.63) is 48.6 Å². The number of carbonyl (C=O) groups excluding carboxylic acids is 2. The third-order valence-electron chi connectivity index (χ3n) is 11.6. The minimum absolute atomic E-state index is 0.0284. The lowest BCUT2D eigenvalue weighted by Gasteiger charge is -2.22. The third-order valence-corrected chi connectivity index (χ3v) is 11.6. The predicted octanol–water partition coefficient (Wildman–Crippen LogP) is 15.5. The molecule has 3 N–H and O–H groups in total. The maximum absolute atomic E-state index is 12.4. The van der Waals surface area contributed by atoms with Gasteiger partial charge in [0.05, 0.1) is 25.4 Å². The van der Waals surface area contributed by atoms with Crippen LogP contribution in [0.15, 0.2) is 48.6 Å². The van der Waals surface area contributed by atoms with Crippen molar-refractivity contribution in [1.82, 2.24) is 5.32 Å². The van der Waals surface area contributed by atoms with Crippen LogP contribution in [0.3, 0.4) is 0 Å². The molecule has 0 bridgehead atoms. The van der Waals surface area contributed by atoms with Gasteiger partial charge in [0.25, 0.3) is 0 Å². The summed E-state index contributed by atoms with van der Waals surface area (Å²) in [5.41, 5.74) is 0. The summed E-state index contributed by atoms with van der Waals surface area (Å²) < 4.78 is 5.44. The highest BCUT2D eigenvalue weighted by atomic mass is 16.5. The molecule has 0 aliphatic carbocycles. The van der Waals surface area contributed by atoms with E-state index < -0.39 is 12.1 Å². The van der Waals surface area contributed by atoms with Crippen molar-refractivity contribution in [1.29, 1.82) is 0 Å². The van der Waals surface area contributed by atoms with E-state index in [0.717, 1.165) is 83.5 Å². The van der Waals surface area contributed by atoms with Crippen LogP contribution in [0.4, 0.5) is 0 Å². The van der Waals surface area contributed by atoms with Crippen molar-refractivity contribution in [3.63, 3.8) is 0 Å². The van der Waals surface area contributed by atoms with E-state index in [1.807, 2.05) is 0 Å². The van der Waals surface area contributed by atoms with E-state index in [9.17, 15) is 19.8 Å². The summed E-state index contributed by atoms with van der Waals surface area (Å²) in [6.45, 7) is 4.84. The van der Waals surface area contributed by atoms with E-state index in [4.69, 9.17) is 4.74 Å². The molecular weight excluding hydrogens is 743 g/mol. The lowest BCUT2D eigenvalue weighted by Crippen LogP contribution is -2.45. The molecule has 60 heavy (non-hydrogen) atoms. The van der Waals surface area contributed by atoms with E-state index >= 15 is 0 Å². The molecule has 0 fully saturated rings. The quantitative estimate of drug-likeness (QED) is 0.0245. The molecule has 0 aromatic rings. The van der Waals surface area contributed by atoms with Crippen LogP contribution >= 0.6 is 0 Å². The molecule has 2 unspecified atom stereocenters. The Balaban J connectivity index is 3.48. The van der Waals surface area contributed by atoms with Crippen LogP contribution in [0.2, 0.25) is 0 Å². The third kappa shape index (κ3) is 45.3. The number of carbonyl (C=O) groups is 2. The van der Waals surface area contributed by atoms with E-state index in [1.165, 1.54) is 141 Å². The fourth-order valence-electron chi connectivity index (χ4n) is 7.60. The Morgan fingerprint density at radius 3 is 1.40 bits per heavy atom. The highest BCUT2D eigenvalue weighted by Gasteiger charge is 2.20. The minimum Gasteiger partial charge on any atom is -0.466 e. The number of aliphatic hydroxyl groups is 2. The zero-order chi connectivity index (χ0) is 43.7. The summed E-state index contributed by atoms with van der Waals surface area (Å²) in [5, 5.41) is 23.1. The first-order chi connectivity index (χ1) is 29.5. The van der Waals surface area contributed by atoms with Gasteiger partial charge in [-0.1, -0.05) is 204 Å². The predicted molar refractivity (Wildman–Crippen MR) is 259 cm³/mol. The Bertz CT molecular complexity index is 1020. The number of amides is 1. The Hall–Kier alpha value is -2.18. The molecule has 2 atom stereocenters. The van der Waals surface area contributed by atoms with Crippen molar-refractivity contribution in [3.8, 4) is 0 Å². The molecule has 0 aliphatic rings. The van der Waals surface area contributed by atoms with Gasteiger partial charge in [-0.25, -0.2) is 0 Å². The lowest BCUT2D eigenvalue weighted by atomic mass is 10.0. The monoisotopic (exact) mass is 842 g/mol. The molecule has 1 amide bonds. The molecule has 0 saturated carbocycles. The molecule has 0 rings (SSSR count). The number of hydrogen-bond donors (Lipinski definition) is 3. The summed E-state index contributed by atoms with van der Waals surface area (Å²) in [6.07, 6.45) is 60.9. The van der Waals surface area contributed by atoms with Crippen LogP contribution in [-0.4, -0.2) is 47.4 Å². The average molecular weight is 842 g/mol. The molecular formula is C54H99NO5. The number of allylic oxidation sites excluding steroid dienone is 8. The van der Waals surface area contributed by atoms with Crippen LogP contribution in [0.5, 0.6) is 0 Å².